The van der Waals surface area contributed by atoms with E-state index in [4.69, 9.17) is 11.5 Å². The number of carbonyl (C=O) groups is 1. The van der Waals surface area contributed by atoms with Crippen LogP contribution in [-0.4, -0.2) is 5.97 Å². The summed E-state index contributed by atoms with van der Waals surface area (Å²) in [7, 11) is 0. The van der Waals surface area contributed by atoms with Crippen LogP contribution >= 0.6 is 0 Å². The first-order valence-corrected chi connectivity index (χ1v) is 5.30. The number of aromatic amines is 1. The highest BCUT2D eigenvalue weighted by atomic mass is 16.4. The topological polar surface area (TPSA) is 106 Å². The van der Waals surface area contributed by atoms with Crippen molar-refractivity contribution >= 4 is 17.5 Å². The van der Waals surface area contributed by atoms with E-state index in [1.165, 1.54) is 17.7 Å². The number of carboxylic acids is 1. The highest BCUT2D eigenvalue weighted by Gasteiger charge is 1.95. The Morgan fingerprint density at radius 2 is 1.83 bits per heavy atom. The predicted octanol–water partition coefficient (Wildman–Crippen LogP) is 0.0236. The minimum absolute atomic E-state index is 0.0440. The summed E-state index contributed by atoms with van der Waals surface area (Å²) in [6.45, 7) is 2.01. The Labute approximate surface area is 105 Å². The fourth-order valence-electron chi connectivity index (χ4n) is 1.20. The molecule has 5 N–H and O–H groups in total. The highest BCUT2D eigenvalue weighted by molar-refractivity contribution is 5.91. The lowest BCUT2D eigenvalue weighted by molar-refractivity contribution is -0.360. The van der Waals surface area contributed by atoms with E-state index in [0.717, 1.165) is 0 Å². The van der Waals surface area contributed by atoms with Crippen LogP contribution in [0.2, 0.25) is 0 Å². The van der Waals surface area contributed by atoms with Crippen molar-refractivity contribution in [2.75, 3.05) is 11.5 Å². The molecule has 0 saturated carbocycles. The SMILES string of the molecule is Cc1ccc(N)[nH+]c1.Nc1ccccc1C(=O)[O-]. The number of hydrogen-bond acceptors (Lipinski definition) is 4. The normalized spacial score (nSPS) is 9.17. The van der Waals surface area contributed by atoms with Crippen LogP contribution in [-0.2, 0) is 0 Å². The van der Waals surface area contributed by atoms with Gasteiger partial charge in [-0.25, -0.2) is 4.98 Å². The first-order valence-electron chi connectivity index (χ1n) is 5.30. The molecule has 0 aliphatic rings. The van der Waals surface area contributed by atoms with Crippen LogP contribution < -0.4 is 21.6 Å². The minimum Gasteiger partial charge on any atom is -0.545 e. The number of nitrogen functional groups attached to an aromatic ring is 2. The number of nitrogens with two attached hydrogens (primary N) is 2. The molecular formula is C13H15N3O2. The molecule has 18 heavy (non-hydrogen) atoms. The van der Waals surface area contributed by atoms with E-state index in [2.05, 4.69) is 4.98 Å². The number of pyridine rings is 1. The lowest BCUT2D eigenvalue weighted by Gasteiger charge is -2.03. The summed E-state index contributed by atoms with van der Waals surface area (Å²) in [5.74, 6) is -0.534. The molecule has 1 aromatic heterocycles. The minimum atomic E-state index is -1.24. The van der Waals surface area contributed by atoms with E-state index < -0.39 is 5.97 Å². The molecule has 5 heteroatoms. The van der Waals surface area contributed by atoms with Gasteiger partial charge in [-0.3, -0.25) is 5.73 Å². The Kier molecular flexibility index (Phi) is 4.68. The van der Waals surface area contributed by atoms with Crippen LogP contribution in [0.15, 0.2) is 42.6 Å². The fourth-order valence-corrected chi connectivity index (χ4v) is 1.20. The summed E-state index contributed by atoms with van der Waals surface area (Å²) in [6.07, 6.45) is 1.87. The molecule has 1 aromatic carbocycles. The molecule has 5 nitrogen and oxygen atoms in total. The maximum atomic E-state index is 10.2. The zero-order valence-electron chi connectivity index (χ0n) is 10.0. The number of benzene rings is 1. The summed E-state index contributed by atoms with van der Waals surface area (Å²) in [4.78, 5) is 13.1. The van der Waals surface area contributed by atoms with Crippen LogP contribution in [0.3, 0.4) is 0 Å². The number of carbonyl (C=O) groups excluding carboxylic acids is 1. The van der Waals surface area contributed by atoms with Gasteiger partial charge in [-0.1, -0.05) is 18.2 Å². The van der Waals surface area contributed by atoms with Crippen molar-refractivity contribution in [3.8, 4) is 0 Å². The summed E-state index contributed by atoms with van der Waals surface area (Å²) in [6, 6.07) is 10.0. The number of H-pyrrole nitrogens is 1. The second kappa shape index (κ2) is 6.24. The smallest absolute Gasteiger partial charge is 0.270 e. The Morgan fingerprint density at radius 3 is 2.22 bits per heavy atom. The number of aromatic carboxylic acids is 1. The van der Waals surface area contributed by atoms with Crippen LogP contribution in [0.1, 0.15) is 15.9 Å². The van der Waals surface area contributed by atoms with Crippen molar-refractivity contribution in [3.63, 3.8) is 0 Å². The lowest BCUT2D eigenvalue weighted by Crippen LogP contribution is -2.23. The monoisotopic (exact) mass is 245 g/mol. The third kappa shape index (κ3) is 4.13. The first-order chi connectivity index (χ1) is 8.50. The molecule has 2 aromatic rings. The van der Waals surface area contributed by atoms with Crippen LogP contribution in [0.5, 0.6) is 0 Å². The molecule has 0 atom stereocenters. The van der Waals surface area contributed by atoms with Crippen molar-refractivity contribution in [2.24, 2.45) is 0 Å². The molecule has 2 rings (SSSR count). The number of nitrogens with one attached hydrogen (secondary N) is 1. The molecule has 0 radical (unpaired) electrons. The summed E-state index contributed by atoms with van der Waals surface area (Å²) >= 11 is 0. The molecule has 0 saturated heterocycles. The van der Waals surface area contributed by atoms with Crippen LogP contribution in [0, 0.1) is 6.92 Å². The molecule has 0 amide bonds. The van der Waals surface area contributed by atoms with Gasteiger partial charge in [0.1, 0.15) is 0 Å². The van der Waals surface area contributed by atoms with Gasteiger partial charge in [-0.15, -0.1) is 0 Å². The van der Waals surface area contributed by atoms with Gasteiger partial charge in [-0.2, -0.15) is 0 Å². The number of hydrogen-bond donors (Lipinski definition) is 2. The molecule has 1 heterocycles. The molecule has 94 valence electrons. The largest absolute Gasteiger partial charge is 0.545 e. The van der Waals surface area contributed by atoms with Crippen molar-refractivity contribution < 1.29 is 14.9 Å². The molecule has 0 aliphatic carbocycles. The highest BCUT2D eigenvalue weighted by Crippen LogP contribution is 2.07. The molecule has 0 bridgehead atoms. The first kappa shape index (κ1) is 13.5. The summed E-state index contributed by atoms with van der Waals surface area (Å²) in [5, 5.41) is 10.2. The van der Waals surface area contributed by atoms with E-state index in [1.807, 2.05) is 25.3 Å². The van der Waals surface area contributed by atoms with E-state index in [-0.39, 0.29) is 11.3 Å². The number of aromatic nitrogens is 1. The Morgan fingerprint density at radius 1 is 1.17 bits per heavy atom. The number of rotatable bonds is 1. The van der Waals surface area contributed by atoms with Gasteiger partial charge in [0.25, 0.3) is 5.82 Å². The third-order valence-electron chi connectivity index (χ3n) is 2.17. The fraction of sp³-hybridized carbons (Fsp3) is 0.0769. The van der Waals surface area contributed by atoms with Gasteiger partial charge in [0, 0.05) is 17.3 Å². The maximum Gasteiger partial charge on any atom is 0.270 e. The van der Waals surface area contributed by atoms with Crippen LogP contribution in [0.25, 0.3) is 0 Å². The number of para-hydroxylation sites is 1. The van der Waals surface area contributed by atoms with Crippen molar-refractivity contribution in [3.05, 3.63) is 53.7 Å². The van der Waals surface area contributed by atoms with E-state index in [1.54, 1.807) is 12.1 Å². The maximum absolute atomic E-state index is 10.2. The van der Waals surface area contributed by atoms with Gasteiger partial charge in [0.15, 0.2) is 0 Å². The Bertz CT molecular complexity index is 503. The van der Waals surface area contributed by atoms with Gasteiger partial charge >= 0.3 is 0 Å². The number of anilines is 2. The predicted molar refractivity (Wildman–Crippen MR) is 67.3 cm³/mol. The number of carboxylic acid groups (broad SMARTS) is 1. The summed E-state index contributed by atoms with van der Waals surface area (Å²) in [5.41, 5.74) is 12.1. The summed E-state index contributed by atoms with van der Waals surface area (Å²) < 4.78 is 0. The van der Waals surface area contributed by atoms with Gasteiger partial charge < -0.3 is 15.6 Å². The zero-order chi connectivity index (χ0) is 13.5. The lowest BCUT2D eigenvalue weighted by atomic mass is 10.2. The van der Waals surface area contributed by atoms with E-state index in [0.29, 0.717) is 5.82 Å². The zero-order valence-corrected chi connectivity index (χ0v) is 10.0. The number of aryl methyl sites for hydroxylation is 1. The van der Waals surface area contributed by atoms with Crippen LogP contribution in [0.4, 0.5) is 11.5 Å². The quantitative estimate of drug-likeness (QED) is 0.691. The molecule has 0 unspecified atom stereocenters. The Hall–Kier alpha value is -2.56. The van der Waals surface area contributed by atoms with Gasteiger partial charge in [0.2, 0.25) is 0 Å². The molecule has 0 aliphatic heterocycles. The van der Waals surface area contributed by atoms with Gasteiger partial charge in [0.05, 0.1) is 12.2 Å². The Balaban J connectivity index is 0.000000184. The van der Waals surface area contributed by atoms with Gasteiger partial charge in [-0.05, 0) is 24.6 Å². The van der Waals surface area contributed by atoms with E-state index in [9.17, 15) is 9.90 Å². The molecule has 0 fully saturated rings. The van der Waals surface area contributed by atoms with Crippen molar-refractivity contribution in [1.29, 1.82) is 0 Å². The van der Waals surface area contributed by atoms with E-state index >= 15 is 0 Å². The third-order valence-corrected chi connectivity index (χ3v) is 2.17. The molecule has 0 spiro atoms. The second-order valence-corrected chi connectivity index (χ2v) is 3.70. The second-order valence-electron chi connectivity index (χ2n) is 3.70. The average molecular weight is 245 g/mol. The molecular weight excluding hydrogens is 230 g/mol. The van der Waals surface area contributed by atoms with Crippen molar-refractivity contribution in [1.82, 2.24) is 0 Å². The average Bonchev–Trinajstić information content (AvgIpc) is 2.34. The standard InChI is InChI=1S/C7H7NO2.C6H8N2/c8-6-4-2-1-3-5(6)7(9)10;1-5-2-3-6(7)8-4-5/h1-4H,8H2,(H,9,10);2-4H,1H3,(H2,7,8). The van der Waals surface area contributed by atoms with Crippen molar-refractivity contribution in [2.45, 2.75) is 6.92 Å².